The Morgan fingerprint density at radius 2 is 1.94 bits per heavy atom. The second-order valence-electron chi connectivity index (χ2n) is 4.16. The molecule has 90 valence electrons. The van der Waals surface area contributed by atoms with Gasteiger partial charge in [-0.1, -0.05) is 36.4 Å². The summed E-state index contributed by atoms with van der Waals surface area (Å²) in [6.45, 7) is 2.88. The summed E-state index contributed by atoms with van der Waals surface area (Å²) in [4.78, 5) is 0. The molecule has 1 heterocycles. The summed E-state index contributed by atoms with van der Waals surface area (Å²) >= 11 is 5.21. The fourth-order valence-corrected chi connectivity index (χ4v) is 2.42. The number of fused-ring (bicyclic) bond motifs is 1. The predicted molar refractivity (Wildman–Crippen MR) is 76.0 cm³/mol. The van der Waals surface area contributed by atoms with E-state index in [1.807, 2.05) is 16.7 Å². The van der Waals surface area contributed by atoms with Gasteiger partial charge in [0.05, 0.1) is 0 Å². The maximum Gasteiger partial charge on any atom is 0.195 e. The minimum atomic E-state index is 0.667. The fourth-order valence-electron chi connectivity index (χ4n) is 2.16. The number of hydrogen-bond donors (Lipinski definition) is 1. The third-order valence-corrected chi connectivity index (χ3v) is 3.39. The molecule has 3 nitrogen and oxygen atoms in total. The lowest BCUT2D eigenvalue weighted by Crippen LogP contribution is -1.97. The van der Waals surface area contributed by atoms with Crippen molar-refractivity contribution in [2.24, 2.45) is 0 Å². The van der Waals surface area contributed by atoms with E-state index in [1.165, 1.54) is 10.8 Å². The predicted octanol–water partition coefficient (Wildman–Crippen LogP) is 3.78. The molecule has 3 rings (SSSR count). The van der Waals surface area contributed by atoms with Crippen LogP contribution in [-0.4, -0.2) is 14.8 Å². The van der Waals surface area contributed by atoms with Crippen molar-refractivity contribution in [2.75, 3.05) is 0 Å². The number of aromatic amines is 1. The Hall–Kier alpha value is -1.94. The molecule has 2 aromatic carbocycles. The zero-order valence-electron chi connectivity index (χ0n) is 10.1. The van der Waals surface area contributed by atoms with Gasteiger partial charge in [-0.25, -0.2) is 0 Å². The lowest BCUT2D eigenvalue weighted by molar-refractivity contribution is 0.756. The molecule has 1 aromatic heterocycles. The molecule has 1 N–H and O–H groups in total. The van der Waals surface area contributed by atoms with Crippen LogP contribution in [0.15, 0.2) is 42.5 Å². The highest BCUT2D eigenvalue weighted by atomic mass is 32.1. The van der Waals surface area contributed by atoms with Crippen molar-refractivity contribution in [3.8, 4) is 11.4 Å². The van der Waals surface area contributed by atoms with Gasteiger partial charge in [0.25, 0.3) is 0 Å². The van der Waals surface area contributed by atoms with Gasteiger partial charge in [-0.15, -0.1) is 0 Å². The highest BCUT2D eigenvalue weighted by molar-refractivity contribution is 7.71. The summed E-state index contributed by atoms with van der Waals surface area (Å²) in [6, 6.07) is 14.6. The van der Waals surface area contributed by atoms with E-state index in [1.54, 1.807) is 0 Å². The maximum atomic E-state index is 5.21. The van der Waals surface area contributed by atoms with Crippen LogP contribution in [0.2, 0.25) is 0 Å². The van der Waals surface area contributed by atoms with Gasteiger partial charge >= 0.3 is 0 Å². The Balaban J connectivity index is 2.22. The number of hydrogen-bond acceptors (Lipinski definition) is 2. The van der Waals surface area contributed by atoms with Crippen molar-refractivity contribution >= 4 is 23.0 Å². The standard InChI is InChI=1S/C14H13N3S/c1-2-17-13(15-16-14(17)18)12-8-7-10-5-3-4-6-11(10)9-12/h3-9H,2H2,1H3,(H,16,18). The van der Waals surface area contributed by atoms with E-state index in [-0.39, 0.29) is 0 Å². The molecule has 0 saturated carbocycles. The third-order valence-electron chi connectivity index (χ3n) is 3.08. The summed E-state index contributed by atoms with van der Waals surface area (Å²) in [5.74, 6) is 0.897. The van der Waals surface area contributed by atoms with Crippen molar-refractivity contribution in [3.63, 3.8) is 0 Å². The van der Waals surface area contributed by atoms with E-state index in [9.17, 15) is 0 Å². The highest BCUT2D eigenvalue weighted by Gasteiger charge is 2.07. The zero-order chi connectivity index (χ0) is 12.5. The first kappa shape index (κ1) is 11.2. The number of nitrogens with zero attached hydrogens (tertiary/aromatic N) is 2. The van der Waals surface area contributed by atoms with E-state index < -0.39 is 0 Å². The van der Waals surface area contributed by atoms with Crippen molar-refractivity contribution in [3.05, 3.63) is 47.2 Å². The third kappa shape index (κ3) is 1.75. The van der Waals surface area contributed by atoms with Gasteiger partial charge < -0.3 is 4.57 Å². The Morgan fingerprint density at radius 3 is 2.72 bits per heavy atom. The van der Waals surface area contributed by atoms with Crippen molar-refractivity contribution < 1.29 is 0 Å². The number of aromatic nitrogens is 3. The lowest BCUT2D eigenvalue weighted by Gasteiger charge is -2.05. The minimum Gasteiger partial charge on any atom is -0.300 e. The second kappa shape index (κ2) is 4.38. The molecule has 0 fully saturated rings. The van der Waals surface area contributed by atoms with Crippen molar-refractivity contribution in [1.29, 1.82) is 0 Å². The molecule has 0 amide bonds. The van der Waals surface area contributed by atoms with Gasteiger partial charge in [0.15, 0.2) is 10.6 Å². The van der Waals surface area contributed by atoms with Crippen LogP contribution < -0.4 is 0 Å². The second-order valence-corrected chi connectivity index (χ2v) is 4.55. The van der Waals surface area contributed by atoms with E-state index in [0.717, 1.165) is 17.9 Å². The first-order valence-corrected chi connectivity index (χ1v) is 6.35. The number of rotatable bonds is 2. The summed E-state index contributed by atoms with van der Waals surface area (Å²) in [5, 5.41) is 9.61. The quantitative estimate of drug-likeness (QED) is 0.707. The Labute approximate surface area is 110 Å². The first-order valence-electron chi connectivity index (χ1n) is 5.94. The number of benzene rings is 2. The summed E-state index contributed by atoms with van der Waals surface area (Å²) in [6.07, 6.45) is 0. The normalized spacial score (nSPS) is 10.9. The van der Waals surface area contributed by atoms with Gasteiger partial charge in [-0.2, -0.15) is 5.10 Å². The van der Waals surface area contributed by atoms with Crippen LogP contribution in [-0.2, 0) is 6.54 Å². The monoisotopic (exact) mass is 255 g/mol. The molecule has 0 aliphatic rings. The topological polar surface area (TPSA) is 33.6 Å². The van der Waals surface area contributed by atoms with E-state index in [0.29, 0.717) is 4.77 Å². The fraction of sp³-hybridized carbons (Fsp3) is 0.143. The lowest BCUT2D eigenvalue weighted by atomic mass is 10.1. The molecule has 0 aliphatic carbocycles. The van der Waals surface area contributed by atoms with E-state index in [2.05, 4.69) is 47.5 Å². The van der Waals surface area contributed by atoms with Crippen LogP contribution in [0.25, 0.3) is 22.2 Å². The van der Waals surface area contributed by atoms with Crippen molar-refractivity contribution in [1.82, 2.24) is 14.8 Å². The van der Waals surface area contributed by atoms with Gasteiger partial charge in [-0.3, -0.25) is 5.10 Å². The van der Waals surface area contributed by atoms with Gasteiger partial charge in [0, 0.05) is 12.1 Å². The highest BCUT2D eigenvalue weighted by Crippen LogP contribution is 2.23. The average molecular weight is 255 g/mol. The molecule has 18 heavy (non-hydrogen) atoms. The van der Waals surface area contributed by atoms with Crippen molar-refractivity contribution in [2.45, 2.75) is 13.5 Å². The zero-order valence-corrected chi connectivity index (χ0v) is 10.9. The Morgan fingerprint density at radius 1 is 1.17 bits per heavy atom. The Kier molecular flexibility index (Phi) is 2.72. The van der Waals surface area contributed by atoms with Gasteiger partial charge in [0.1, 0.15) is 0 Å². The molecule has 0 bridgehead atoms. The van der Waals surface area contributed by atoms with Crippen LogP contribution in [0, 0.1) is 4.77 Å². The van der Waals surface area contributed by atoms with E-state index in [4.69, 9.17) is 12.2 Å². The smallest absolute Gasteiger partial charge is 0.195 e. The molecule has 0 unspecified atom stereocenters. The minimum absolute atomic E-state index is 0.667. The molecule has 0 radical (unpaired) electrons. The molecule has 0 aliphatic heterocycles. The number of H-pyrrole nitrogens is 1. The van der Waals surface area contributed by atoms with E-state index >= 15 is 0 Å². The average Bonchev–Trinajstić information content (AvgIpc) is 2.79. The molecule has 4 heteroatoms. The molecular weight excluding hydrogens is 242 g/mol. The maximum absolute atomic E-state index is 5.21. The number of nitrogens with one attached hydrogen (secondary N) is 1. The first-order chi connectivity index (χ1) is 8.79. The Bertz CT molecular complexity index is 755. The summed E-state index contributed by atoms with van der Waals surface area (Å²) in [7, 11) is 0. The summed E-state index contributed by atoms with van der Waals surface area (Å²) in [5.41, 5.74) is 1.09. The van der Waals surface area contributed by atoms with Crippen LogP contribution >= 0.6 is 12.2 Å². The van der Waals surface area contributed by atoms with Crippen LogP contribution in [0.4, 0.5) is 0 Å². The van der Waals surface area contributed by atoms with Crippen LogP contribution in [0.1, 0.15) is 6.92 Å². The molecular formula is C14H13N3S. The summed E-state index contributed by atoms with van der Waals surface area (Å²) < 4.78 is 2.67. The van der Waals surface area contributed by atoms with Gasteiger partial charge in [0.2, 0.25) is 0 Å². The van der Waals surface area contributed by atoms with Gasteiger partial charge in [-0.05, 0) is 36.0 Å². The molecule has 0 saturated heterocycles. The van der Waals surface area contributed by atoms with Crippen LogP contribution in [0.5, 0.6) is 0 Å². The molecule has 3 aromatic rings. The molecule has 0 atom stereocenters. The van der Waals surface area contributed by atoms with Crippen LogP contribution in [0.3, 0.4) is 0 Å². The SMILES string of the molecule is CCn1c(-c2ccc3ccccc3c2)n[nH]c1=S. The molecule has 0 spiro atoms. The largest absolute Gasteiger partial charge is 0.300 e.